The quantitative estimate of drug-likeness (QED) is 0.135. The van der Waals surface area contributed by atoms with Gasteiger partial charge in [0.2, 0.25) is 5.75 Å². The Labute approximate surface area is 204 Å². The molecule has 0 radical (unpaired) electrons. The predicted octanol–water partition coefficient (Wildman–Crippen LogP) is 6.08. The van der Waals surface area contributed by atoms with E-state index in [1.165, 1.54) is 30.5 Å². The molecule has 12 nitrogen and oxygen atoms in total. The summed E-state index contributed by atoms with van der Waals surface area (Å²) in [4.78, 5) is 35.7. The Morgan fingerprint density at radius 3 is 2.14 bits per heavy atom. The number of nitro benzene ring substituents is 3. The Bertz CT molecular complexity index is 1350. The molecule has 184 valence electrons. The highest BCUT2D eigenvalue weighted by atomic mass is 16.6. The first-order valence-electron chi connectivity index (χ1n) is 10.5. The monoisotopic (exact) mass is 492 g/mol. The zero-order valence-electron chi connectivity index (χ0n) is 19.0. The van der Waals surface area contributed by atoms with Crippen molar-refractivity contribution in [1.82, 2.24) is 0 Å². The van der Waals surface area contributed by atoms with Crippen LogP contribution in [0.3, 0.4) is 0 Å². The standard InChI is InChI=1S/C24H20N4O8/c1-3-5-17-12-16(15-25-18-6-8-19(9-7-18)26(29)30)13-23(35-4-2)24(17)36-22-11-10-20(27(31)32)14-21(22)28(33)34/h3,6-15H,1,4-5H2,2H3. The van der Waals surface area contributed by atoms with E-state index in [1.807, 2.05) is 0 Å². The van der Waals surface area contributed by atoms with Crippen molar-refractivity contribution in [2.45, 2.75) is 13.3 Å². The first-order valence-corrected chi connectivity index (χ1v) is 10.5. The third kappa shape index (κ3) is 6.05. The Morgan fingerprint density at radius 2 is 1.56 bits per heavy atom. The van der Waals surface area contributed by atoms with Crippen LogP contribution in [0.4, 0.5) is 22.7 Å². The summed E-state index contributed by atoms with van der Waals surface area (Å²) >= 11 is 0. The molecule has 0 fully saturated rings. The fourth-order valence-electron chi connectivity index (χ4n) is 3.21. The van der Waals surface area contributed by atoms with Gasteiger partial charge in [-0.15, -0.1) is 6.58 Å². The maximum Gasteiger partial charge on any atom is 0.318 e. The topological polar surface area (TPSA) is 160 Å². The summed E-state index contributed by atoms with van der Waals surface area (Å²) in [7, 11) is 0. The van der Waals surface area contributed by atoms with E-state index in [2.05, 4.69) is 11.6 Å². The molecule has 36 heavy (non-hydrogen) atoms. The second-order valence-corrected chi connectivity index (χ2v) is 7.23. The zero-order chi connectivity index (χ0) is 26.2. The number of hydrogen-bond acceptors (Lipinski definition) is 9. The van der Waals surface area contributed by atoms with E-state index in [-0.39, 0.29) is 29.5 Å². The van der Waals surface area contributed by atoms with E-state index in [0.717, 1.165) is 18.2 Å². The Balaban J connectivity index is 2.03. The van der Waals surface area contributed by atoms with E-state index in [9.17, 15) is 30.3 Å². The molecule has 0 unspecified atom stereocenters. The molecule has 3 aromatic carbocycles. The molecule has 3 rings (SSSR count). The lowest BCUT2D eigenvalue weighted by Crippen LogP contribution is -2.02. The van der Waals surface area contributed by atoms with Gasteiger partial charge in [0.15, 0.2) is 11.5 Å². The number of nitrogens with zero attached hydrogens (tertiary/aromatic N) is 4. The van der Waals surface area contributed by atoms with Crippen LogP contribution >= 0.6 is 0 Å². The number of hydrogen-bond donors (Lipinski definition) is 0. The van der Waals surface area contributed by atoms with Crippen LogP contribution in [0.1, 0.15) is 18.1 Å². The van der Waals surface area contributed by atoms with Crippen LogP contribution in [0.5, 0.6) is 17.2 Å². The molecule has 0 amide bonds. The smallest absolute Gasteiger partial charge is 0.318 e. The van der Waals surface area contributed by atoms with Crippen molar-refractivity contribution < 1.29 is 24.2 Å². The Kier molecular flexibility index (Phi) is 8.02. The minimum absolute atomic E-state index is 0.0531. The largest absolute Gasteiger partial charge is 0.490 e. The van der Waals surface area contributed by atoms with E-state index in [0.29, 0.717) is 23.2 Å². The fraction of sp³-hybridized carbons (Fsp3) is 0.125. The van der Waals surface area contributed by atoms with Crippen LogP contribution < -0.4 is 9.47 Å². The molecule has 0 aromatic heterocycles. The normalized spacial score (nSPS) is 10.7. The molecule has 0 heterocycles. The molecular formula is C24H20N4O8. The molecule has 12 heteroatoms. The summed E-state index contributed by atoms with van der Waals surface area (Å²) in [6.07, 6.45) is 3.46. The highest BCUT2D eigenvalue weighted by molar-refractivity contribution is 5.84. The van der Waals surface area contributed by atoms with Crippen molar-refractivity contribution in [3.8, 4) is 17.2 Å². The summed E-state index contributed by atoms with van der Waals surface area (Å²) in [5.41, 5.74) is 0.615. The summed E-state index contributed by atoms with van der Waals surface area (Å²) in [6, 6.07) is 12.2. The van der Waals surface area contributed by atoms with Gasteiger partial charge in [0, 0.05) is 30.0 Å². The van der Waals surface area contributed by atoms with E-state index < -0.39 is 26.1 Å². The average molecular weight is 492 g/mol. The molecule has 0 N–H and O–H groups in total. The van der Waals surface area contributed by atoms with Gasteiger partial charge in [-0.1, -0.05) is 6.08 Å². The fourth-order valence-corrected chi connectivity index (χ4v) is 3.21. The third-order valence-corrected chi connectivity index (χ3v) is 4.80. The molecular weight excluding hydrogens is 472 g/mol. The van der Waals surface area contributed by atoms with E-state index >= 15 is 0 Å². The highest BCUT2D eigenvalue weighted by Gasteiger charge is 2.23. The van der Waals surface area contributed by atoms with Crippen LogP contribution in [0.25, 0.3) is 0 Å². The summed E-state index contributed by atoms with van der Waals surface area (Å²) in [5.74, 6) is 0.278. The van der Waals surface area contributed by atoms with E-state index in [4.69, 9.17) is 9.47 Å². The minimum atomic E-state index is -0.763. The molecule has 0 aliphatic heterocycles. The maximum atomic E-state index is 11.5. The Morgan fingerprint density at radius 1 is 0.889 bits per heavy atom. The summed E-state index contributed by atoms with van der Waals surface area (Å²) < 4.78 is 11.6. The van der Waals surface area contributed by atoms with Gasteiger partial charge in [0.25, 0.3) is 11.4 Å². The van der Waals surface area contributed by atoms with Crippen molar-refractivity contribution in [3.05, 3.63) is 109 Å². The van der Waals surface area contributed by atoms with Crippen molar-refractivity contribution in [1.29, 1.82) is 0 Å². The zero-order valence-corrected chi connectivity index (χ0v) is 19.0. The first kappa shape index (κ1) is 25.5. The summed E-state index contributed by atoms with van der Waals surface area (Å²) in [5, 5.41) is 33.4. The van der Waals surface area contributed by atoms with Crippen molar-refractivity contribution >= 4 is 29.0 Å². The van der Waals surface area contributed by atoms with Gasteiger partial charge < -0.3 is 9.47 Å². The van der Waals surface area contributed by atoms with Crippen LogP contribution in [-0.2, 0) is 6.42 Å². The van der Waals surface area contributed by atoms with Crippen molar-refractivity contribution in [2.24, 2.45) is 4.99 Å². The lowest BCUT2D eigenvalue weighted by Gasteiger charge is -2.16. The van der Waals surface area contributed by atoms with Crippen molar-refractivity contribution in [2.75, 3.05) is 6.61 Å². The number of non-ortho nitro benzene ring substituents is 2. The van der Waals surface area contributed by atoms with Gasteiger partial charge in [-0.2, -0.15) is 0 Å². The molecule has 3 aromatic rings. The second-order valence-electron chi connectivity index (χ2n) is 7.23. The average Bonchev–Trinajstić information content (AvgIpc) is 2.85. The van der Waals surface area contributed by atoms with Gasteiger partial charge in [-0.3, -0.25) is 35.3 Å². The van der Waals surface area contributed by atoms with Gasteiger partial charge in [-0.05, 0) is 49.2 Å². The van der Waals surface area contributed by atoms with Crippen LogP contribution in [0.15, 0.2) is 72.2 Å². The Hall–Kier alpha value is -5.13. The van der Waals surface area contributed by atoms with Gasteiger partial charge in [-0.25, -0.2) is 0 Å². The number of rotatable bonds is 11. The lowest BCUT2D eigenvalue weighted by molar-refractivity contribution is -0.394. The van der Waals surface area contributed by atoms with Crippen LogP contribution in [0.2, 0.25) is 0 Å². The molecule has 0 atom stereocenters. The molecule has 0 saturated carbocycles. The van der Waals surface area contributed by atoms with Crippen LogP contribution in [-0.4, -0.2) is 27.6 Å². The minimum Gasteiger partial charge on any atom is -0.490 e. The SMILES string of the molecule is C=CCc1cc(C=Nc2ccc([N+](=O)[O-])cc2)cc(OCC)c1Oc1ccc([N+](=O)[O-])cc1[N+](=O)[O-]. The number of ether oxygens (including phenoxy) is 2. The van der Waals surface area contributed by atoms with Gasteiger partial charge >= 0.3 is 5.69 Å². The van der Waals surface area contributed by atoms with Crippen LogP contribution in [0, 0.1) is 30.3 Å². The number of allylic oxidation sites excluding steroid dienone is 1. The first-order chi connectivity index (χ1) is 17.2. The molecule has 0 spiro atoms. The lowest BCUT2D eigenvalue weighted by atomic mass is 10.1. The number of benzene rings is 3. The van der Waals surface area contributed by atoms with Gasteiger partial charge in [0.05, 0.1) is 33.1 Å². The second kappa shape index (κ2) is 11.3. The number of aliphatic imine (C=N–C) groups is 1. The third-order valence-electron chi connectivity index (χ3n) is 4.80. The molecule has 0 saturated heterocycles. The molecule has 0 aliphatic rings. The number of nitro groups is 3. The van der Waals surface area contributed by atoms with Crippen molar-refractivity contribution in [3.63, 3.8) is 0 Å². The maximum absolute atomic E-state index is 11.5. The highest BCUT2D eigenvalue weighted by Crippen LogP contribution is 2.41. The molecule has 0 aliphatic carbocycles. The van der Waals surface area contributed by atoms with E-state index in [1.54, 1.807) is 25.1 Å². The molecule has 0 bridgehead atoms. The van der Waals surface area contributed by atoms with Gasteiger partial charge in [0.1, 0.15) is 0 Å². The summed E-state index contributed by atoms with van der Waals surface area (Å²) in [6.45, 7) is 5.75. The predicted molar refractivity (Wildman–Crippen MR) is 132 cm³/mol.